The maximum atomic E-state index is 7.13. The quantitative estimate of drug-likeness (QED) is 0.176. The number of aromatic nitrogens is 1. The summed E-state index contributed by atoms with van der Waals surface area (Å²) in [7, 11) is 0. The molecule has 1 aliphatic rings. The summed E-state index contributed by atoms with van der Waals surface area (Å²) in [6.07, 6.45) is 3.35. The highest BCUT2D eigenvalue weighted by Gasteiger charge is 2.29. The zero-order valence-corrected chi connectivity index (χ0v) is 32.9. The molecule has 0 aliphatic heterocycles. The molecule has 2 nitrogen and oxygen atoms in total. The Kier molecular flexibility index (Phi) is 7.32. The first kappa shape index (κ1) is 33.5. The van der Waals surface area contributed by atoms with Gasteiger partial charge in [-0.2, -0.15) is 0 Å². The predicted molar refractivity (Wildman–Crippen MR) is 227 cm³/mol. The van der Waals surface area contributed by atoms with Crippen molar-refractivity contribution in [1.29, 1.82) is 0 Å². The van der Waals surface area contributed by atoms with Crippen LogP contribution in [0.5, 0.6) is 0 Å². The number of rotatable bonds is 2. The van der Waals surface area contributed by atoms with E-state index in [0.29, 0.717) is 0 Å². The molecule has 264 valence electrons. The number of benzene rings is 6. The van der Waals surface area contributed by atoms with Crippen LogP contribution in [0.2, 0.25) is 0 Å². The maximum Gasteiger partial charge on any atom is 0.139 e. The van der Waals surface area contributed by atoms with Gasteiger partial charge >= 0.3 is 0 Å². The lowest BCUT2D eigenvalue weighted by atomic mass is 9.82. The molecule has 0 unspecified atom stereocenters. The van der Waals surface area contributed by atoms with Crippen molar-refractivity contribution in [3.8, 4) is 16.8 Å². The van der Waals surface area contributed by atoms with Crippen molar-refractivity contribution in [3.63, 3.8) is 0 Å². The molecule has 1 aliphatic carbocycles. The van der Waals surface area contributed by atoms with Gasteiger partial charge in [0, 0.05) is 38.4 Å². The molecule has 9 rings (SSSR count). The van der Waals surface area contributed by atoms with Gasteiger partial charge in [-0.25, -0.2) is 0 Å². The average Bonchev–Trinajstić information content (AvgIpc) is 3.57. The molecule has 0 bridgehead atoms. The van der Waals surface area contributed by atoms with Crippen LogP contribution in [0.25, 0.3) is 66.1 Å². The number of hydrogen-bond acceptors (Lipinski definition) is 1. The number of furan rings is 1. The maximum absolute atomic E-state index is 7.13. The molecule has 0 fully saturated rings. The van der Waals surface area contributed by atoms with Crippen LogP contribution >= 0.6 is 0 Å². The zero-order chi connectivity index (χ0) is 37.1. The Morgan fingerprint density at radius 1 is 0.491 bits per heavy atom. The Labute approximate surface area is 313 Å². The van der Waals surface area contributed by atoms with Gasteiger partial charge in [-0.15, -0.1) is 0 Å². The predicted octanol–water partition coefficient (Wildman–Crippen LogP) is 14.2. The van der Waals surface area contributed by atoms with E-state index < -0.39 is 0 Å². The monoisotopic (exact) mass is 691 g/mol. The van der Waals surface area contributed by atoms with E-state index in [4.69, 9.17) is 4.42 Å². The first-order chi connectivity index (χ1) is 25.2. The van der Waals surface area contributed by atoms with Crippen molar-refractivity contribution >= 4 is 49.3 Å². The highest BCUT2D eigenvalue weighted by molar-refractivity contribution is 6.12. The minimum atomic E-state index is -0.149. The summed E-state index contributed by atoms with van der Waals surface area (Å²) in [6, 6.07) is 37.3. The number of allylic oxidation sites excluding steroid dienone is 1. The van der Waals surface area contributed by atoms with Gasteiger partial charge < -0.3 is 8.98 Å². The van der Waals surface area contributed by atoms with Crippen molar-refractivity contribution < 1.29 is 4.42 Å². The van der Waals surface area contributed by atoms with Gasteiger partial charge in [-0.3, -0.25) is 0 Å². The average molecular weight is 692 g/mol. The molecular formula is C51H49NO. The summed E-state index contributed by atoms with van der Waals surface area (Å²) in [5.41, 5.74) is 20.7. The summed E-state index contributed by atoms with van der Waals surface area (Å²) in [5.74, 6) is 0. The molecule has 2 aromatic heterocycles. The van der Waals surface area contributed by atoms with Gasteiger partial charge in [0.25, 0.3) is 0 Å². The highest BCUT2D eigenvalue weighted by Crippen LogP contribution is 2.46. The molecule has 0 saturated carbocycles. The summed E-state index contributed by atoms with van der Waals surface area (Å²) >= 11 is 0. The Morgan fingerprint density at radius 3 is 1.64 bits per heavy atom. The molecule has 0 saturated heterocycles. The van der Waals surface area contributed by atoms with E-state index in [9.17, 15) is 0 Å². The third-order valence-electron chi connectivity index (χ3n) is 11.5. The van der Waals surface area contributed by atoms with E-state index in [-0.39, 0.29) is 10.8 Å². The molecular weight excluding hydrogens is 643 g/mol. The molecule has 0 spiro atoms. The fraction of sp³-hybridized carbons (Fsp3) is 0.255. The van der Waals surface area contributed by atoms with Crippen molar-refractivity contribution in [1.82, 2.24) is 4.57 Å². The second-order valence-electron chi connectivity index (χ2n) is 17.8. The second-order valence-corrected chi connectivity index (χ2v) is 17.8. The third-order valence-corrected chi connectivity index (χ3v) is 11.5. The van der Waals surface area contributed by atoms with E-state index in [1.807, 2.05) is 0 Å². The van der Waals surface area contributed by atoms with Crippen LogP contribution in [-0.2, 0) is 17.3 Å². The number of aryl methyl sites for hydroxylation is 4. The van der Waals surface area contributed by atoms with Gasteiger partial charge in [0.15, 0.2) is 0 Å². The fourth-order valence-corrected chi connectivity index (χ4v) is 8.72. The lowest BCUT2D eigenvalue weighted by Gasteiger charge is -2.22. The standard InChI is InChI=1S/C51H49NO/c1-29-11-15-33-16-18-36(37-17-12-30(2)22-39(37)38(33)21-29)34-25-42-43-27-35(28-45(51(8,9)10)49(43)53-48(42)44(26-34)50(5,6)7)52-46-19-13-31(3)23-40(46)41-24-32(4)14-20-47(41)52/h11-15,17-28H,16H2,1-10H3. The number of fused-ring (bicyclic) bond motifs is 9. The van der Waals surface area contributed by atoms with Crippen molar-refractivity contribution in [2.45, 2.75) is 86.5 Å². The van der Waals surface area contributed by atoms with E-state index in [1.54, 1.807) is 0 Å². The minimum Gasteiger partial charge on any atom is -0.455 e. The van der Waals surface area contributed by atoms with Gasteiger partial charge in [0.2, 0.25) is 0 Å². The van der Waals surface area contributed by atoms with E-state index in [1.165, 1.54) is 105 Å². The molecule has 0 amide bonds. The molecule has 0 radical (unpaired) electrons. The summed E-state index contributed by atoms with van der Waals surface area (Å²) < 4.78 is 9.60. The Hall–Kier alpha value is -5.34. The Bertz CT molecular complexity index is 2790. The Morgan fingerprint density at radius 2 is 1.02 bits per heavy atom. The largest absolute Gasteiger partial charge is 0.455 e. The van der Waals surface area contributed by atoms with Crippen LogP contribution < -0.4 is 0 Å². The fourth-order valence-electron chi connectivity index (χ4n) is 8.72. The summed E-state index contributed by atoms with van der Waals surface area (Å²) in [5, 5.41) is 4.93. The van der Waals surface area contributed by atoms with Crippen LogP contribution in [0, 0.1) is 27.7 Å². The molecule has 0 atom stereocenters. The van der Waals surface area contributed by atoms with Crippen LogP contribution in [0.15, 0.2) is 108 Å². The first-order valence-corrected chi connectivity index (χ1v) is 19.1. The normalized spacial score (nSPS) is 13.5. The first-order valence-electron chi connectivity index (χ1n) is 19.1. The highest BCUT2D eigenvalue weighted by atomic mass is 16.3. The SMILES string of the molecule is Cc1ccc2c(c1)-c1cc(C)ccc1C(c1cc(C(C)(C)C)c3oc4c(C(C)(C)C)cc(-n5c6ccc(C)cc6c6cc(C)ccc65)cc4c3c1)=CC2. The summed E-state index contributed by atoms with van der Waals surface area (Å²) in [6.45, 7) is 22.6. The lowest BCUT2D eigenvalue weighted by Crippen LogP contribution is -2.12. The van der Waals surface area contributed by atoms with Crippen LogP contribution in [0.4, 0.5) is 0 Å². The molecule has 6 aromatic carbocycles. The smallest absolute Gasteiger partial charge is 0.139 e. The number of nitrogens with zero attached hydrogens (tertiary/aromatic N) is 1. The van der Waals surface area contributed by atoms with Crippen LogP contribution in [-0.4, -0.2) is 4.57 Å². The van der Waals surface area contributed by atoms with Gasteiger partial charge in [0.1, 0.15) is 11.2 Å². The topological polar surface area (TPSA) is 18.1 Å². The third kappa shape index (κ3) is 5.37. The van der Waals surface area contributed by atoms with Crippen molar-refractivity contribution in [3.05, 3.63) is 153 Å². The summed E-state index contributed by atoms with van der Waals surface area (Å²) in [4.78, 5) is 0. The second kappa shape index (κ2) is 11.6. The van der Waals surface area contributed by atoms with E-state index in [0.717, 1.165) is 17.6 Å². The number of hydrogen-bond donors (Lipinski definition) is 0. The van der Waals surface area contributed by atoms with Gasteiger partial charge in [-0.05, 0) is 127 Å². The van der Waals surface area contributed by atoms with Crippen molar-refractivity contribution in [2.24, 2.45) is 0 Å². The van der Waals surface area contributed by atoms with Crippen LogP contribution in [0.1, 0.15) is 91.6 Å². The van der Waals surface area contributed by atoms with Gasteiger partial charge in [0.05, 0.1) is 11.0 Å². The Balaban J connectivity index is 1.37. The lowest BCUT2D eigenvalue weighted by molar-refractivity contribution is 0.556. The molecule has 2 heterocycles. The molecule has 0 N–H and O–H groups in total. The van der Waals surface area contributed by atoms with Crippen molar-refractivity contribution in [2.75, 3.05) is 0 Å². The molecule has 8 aromatic rings. The minimum absolute atomic E-state index is 0.142. The van der Waals surface area contributed by atoms with E-state index in [2.05, 4.69) is 177 Å². The van der Waals surface area contributed by atoms with Gasteiger partial charge in [-0.1, -0.05) is 118 Å². The van der Waals surface area contributed by atoms with E-state index >= 15 is 0 Å². The molecule has 53 heavy (non-hydrogen) atoms. The zero-order valence-electron chi connectivity index (χ0n) is 32.9. The molecule has 2 heteroatoms. The van der Waals surface area contributed by atoms with Crippen LogP contribution in [0.3, 0.4) is 0 Å².